The molecular formula is C12H17Cl2NO2S. The molecule has 0 saturated carbocycles. The minimum atomic E-state index is -2.94. The fourth-order valence-electron chi connectivity index (χ4n) is 1.53. The predicted molar refractivity (Wildman–Crippen MR) is 77.2 cm³/mol. The van der Waals surface area contributed by atoms with Gasteiger partial charge in [-0.2, -0.15) is 0 Å². The number of rotatable bonds is 6. The Morgan fingerprint density at radius 1 is 1.33 bits per heavy atom. The molecule has 18 heavy (non-hydrogen) atoms. The molecule has 0 aromatic heterocycles. The summed E-state index contributed by atoms with van der Waals surface area (Å²) in [5, 5.41) is 4.37. The second kappa shape index (κ2) is 6.75. The van der Waals surface area contributed by atoms with Crippen LogP contribution in [0, 0.1) is 0 Å². The van der Waals surface area contributed by atoms with Crippen LogP contribution in [0.15, 0.2) is 18.2 Å². The van der Waals surface area contributed by atoms with Crippen molar-refractivity contribution >= 4 is 33.0 Å². The summed E-state index contributed by atoms with van der Waals surface area (Å²) in [6.45, 7) is 3.98. The number of sulfone groups is 1. The SMILES string of the molecule is CCS(=O)(=O)CCN[C@@H](C)c1cc(Cl)ccc1Cl. The highest BCUT2D eigenvalue weighted by atomic mass is 35.5. The molecule has 0 heterocycles. The molecule has 1 rings (SSSR count). The minimum absolute atomic E-state index is 0.0387. The maximum Gasteiger partial charge on any atom is 0.151 e. The van der Waals surface area contributed by atoms with E-state index >= 15 is 0 Å². The van der Waals surface area contributed by atoms with Gasteiger partial charge >= 0.3 is 0 Å². The quantitative estimate of drug-likeness (QED) is 0.878. The Hall–Kier alpha value is -0.290. The Labute approximate surface area is 118 Å². The number of hydrogen-bond donors (Lipinski definition) is 1. The molecule has 0 spiro atoms. The lowest BCUT2D eigenvalue weighted by atomic mass is 10.1. The third kappa shape index (κ3) is 4.76. The zero-order chi connectivity index (χ0) is 13.8. The molecule has 1 atom stereocenters. The largest absolute Gasteiger partial charge is 0.309 e. The zero-order valence-electron chi connectivity index (χ0n) is 10.4. The molecule has 0 saturated heterocycles. The Bertz CT molecular complexity index is 503. The molecule has 3 nitrogen and oxygen atoms in total. The monoisotopic (exact) mass is 309 g/mol. The molecule has 1 aromatic rings. The van der Waals surface area contributed by atoms with Gasteiger partial charge in [-0.3, -0.25) is 0 Å². The summed E-state index contributed by atoms with van der Waals surface area (Å²) in [6, 6.07) is 5.21. The first-order valence-corrected chi connectivity index (χ1v) is 8.32. The first kappa shape index (κ1) is 15.8. The van der Waals surface area contributed by atoms with Crippen LogP contribution in [0.1, 0.15) is 25.5 Å². The third-order valence-corrected chi connectivity index (χ3v) is 5.01. The molecule has 0 fully saturated rings. The Morgan fingerprint density at radius 3 is 2.61 bits per heavy atom. The summed E-state index contributed by atoms with van der Waals surface area (Å²) >= 11 is 12.0. The van der Waals surface area contributed by atoms with Crippen molar-refractivity contribution in [2.75, 3.05) is 18.1 Å². The van der Waals surface area contributed by atoms with Crippen LogP contribution in [0.5, 0.6) is 0 Å². The number of halogens is 2. The van der Waals surface area contributed by atoms with Gasteiger partial charge in [0.15, 0.2) is 9.84 Å². The number of nitrogens with one attached hydrogen (secondary N) is 1. The third-order valence-electron chi connectivity index (χ3n) is 2.73. The van der Waals surface area contributed by atoms with Gasteiger partial charge < -0.3 is 5.32 Å². The first-order chi connectivity index (χ1) is 8.35. The lowest BCUT2D eigenvalue weighted by Gasteiger charge is -2.16. The van der Waals surface area contributed by atoms with E-state index in [1.54, 1.807) is 25.1 Å². The van der Waals surface area contributed by atoms with Crippen LogP contribution < -0.4 is 5.32 Å². The van der Waals surface area contributed by atoms with Gasteiger partial charge in [-0.05, 0) is 30.7 Å². The van der Waals surface area contributed by atoms with Crippen LogP contribution in [0.4, 0.5) is 0 Å². The molecule has 0 aliphatic carbocycles. The van der Waals surface area contributed by atoms with Crippen molar-refractivity contribution in [3.8, 4) is 0 Å². The Kier molecular flexibility index (Phi) is 5.92. The van der Waals surface area contributed by atoms with Crippen LogP contribution >= 0.6 is 23.2 Å². The van der Waals surface area contributed by atoms with Crippen molar-refractivity contribution in [2.45, 2.75) is 19.9 Å². The van der Waals surface area contributed by atoms with Crippen molar-refractivity contribution in [1.82, 2.24) is 5.32 Å². The maximum absolute atomic E-state index is 11.4. The summed E-state index contributed by atoms with van der Waals surface area (Å²) in [5.74, 6) is 0.299. The second-order valence-corrected chi connectivity index (χ2v) is 7.39. The topological polar surface area (TPSA) is 46.2 Å². The van der Waals surface area contributed by atoms with E-state index in [9.17, 15) is 8.42 Å². The summed E-state index contributed by atoms with van der Waals surface area (Å²) in [4.78, 5) is 0. The summed E-state index contributed by atoms with van der Waals surface area (Å²) in [6.07, 6.45) is 0. The van der Waals surface area contributed by atoms with Gasteiger partial charge in [0.05, 0.1) is 5.75 Å². The highest BCUT2D eigenvalue weighted by molar-refractivity contribution is 7.91. The van der Waals surface area contributed by atoms with E-state index in [0.29, 0.717) is 16.6 Å². The molecule has 0 aliphatic rings. The Morgan fingerprint density at radius 2 is 2.00 bits per heavy atom. The van der Waals surface area contributed by atoms with Crippen molar-refractivity contribution in [1.29, 1.82) is 0 Å². The molecule has 1 N–H and O–H groups in total. The van der Waals surface area contributed by atoms with E-state index in [4.69, 9.17) is 23.2 Å². The fraction of sp³-hybridized carbons (Fsp3) is 0.500. The molecule has 0 amide bonds. The van der Waals surface area contributed by atoms with Gasteiger partial charge in [0, 0.05) is 28.4 Å². The van der Waals surface area contributed by atoms with Crippen LogP contribution in [-0.2, 0) is 9.84 Å². The second-order valence-electron chi connectivity index (χ2n) is 4.08. The lowest BCUT2D eigenvalue weighted by Crippen LogP contribution is -2.26. The van der Waals surface area contributed by atoms with Crippen LogP contribution in [0.2, 0.25) is 10.0 Å². The highest BCUT2D eigenvalue weighted by Crippen LogP contribution is 2.25. The first-order valence-electron chi connectivity index (χ1n) is 5.74. The zero-order valence-corrected chi connectivity index (χ0v) is 12.7. The van der Waals surface area contributed by atoms with Crippen molar-refractivity contribution < 1.29 is 8.42 Å². The molecule has 1 aromatic carbocycles. The van der Waals surface area contributed by atoms with E-state index in [1.165, 1.54) is 0 Å². The fourth-order valence-corrected chi connectivity index (χ4v) is 2.71. The van der Waals surface area contributed by atoms with Crippen LogP contribution in [0.3, 0.4) is 0 Å². The van der Waals surface area contributed by atoms with E-state index in [0.717, 1.165) is 5.56 Å². The molecule has 0 unspecified atom stereocenters. The predicted octanol–water partition coefficient (Wildman–Crippen LogP) is 3.08. The molecule has 6 heteroatoms. The van der Waals surface area contributed by atoms with Gasteiger partial charge in [-0.15, -0.1) is 0 Å². The van der Waals surface area contributed by atoms with E-state index in [-0.39, 0.29) is 17.5 Å². The lowest BCUT2D eigenvalue weighted by molar-refractivity contribution is 0.573. The van der Waals surface area contributed by atoms with E-state index < -0.39 is 9.84 Å². The summed E-state index contributed by atoms with van der Waals surface area (Å²) in [7, 11) is -2.94. The number of hydrogen-bond acceptors (Lipinski definition) is 3. The van der Waals surface area contributed by atoms with Crippen molar-refractivity contribution in [3.05, 3.63) is 33.8 Å². The average Bonchev–Trinajstić information content (AvgIpc) is 2.32. The van der Waals surface area contributed by atoms with Crippen LogP contribution in [-0.4, -0.2) is 26.5 Å². The van der Waals surface area contributed by atoms with Gasteiger partial charge in [-0.1, -0.05) is 30.1 Å². The molecular weight excluding hydrogens is 293 g/mol. The normalized spacial score (nSPS) is 13.6. The van der Waals surface area contributed by atoms with Crippen LogP contribution in [0.25, 0.3) is 0 Å². The van der Waals surface area contributed by atoms with Gasteiger partial charge in [0.2, 0.25) is 0 Å². The van der Waals surface area contributed by atoms with Crippen molar-refractivity contribution in [3.63, 3.8) is 0 Å². The van der Waals surface area contributed by atoms with E-state index in [1.807, 2.05) is 6.92 Å². The minimum Gasteiger partial charge on any atom is -0.309 e. The molecule has 0 radical (unpaired) electrons. The smallest absolute Gasteiger partial charge is 0.151 e. The highest BCUT2D eigenvalue weighted by Gasteiger charge is 2.12. The van der Waals surface area contributed by atoms with Gasteiger partial charge in [-0.25, -0.2) is 8.42 Å². The molecule has 0 bridgehead atoms. The van der Waals surface area contributed by atoms with Crippen molar-refractivity contribution in [2.24, 2.45) is 0 Å². The Balaban J connectivity index is 2.61. The molecule has 102 valence electrons. The average molecular weight is 310 g/mol. The number of benzene rings is 1. The van der Waals surface area contributed by atoms with Gasteiger partial charge in [0.25, 0.3) is 0 Å². The maximum atomic E-state index is 11.4. The summed E-state index contributed by atoms with van der Waals surface area (Å²) < 4.78 is 22.7. The standard InChI is InChI=1S/C12H17Cl2NO2S/c1-3-18(16,17)7-6-15-9(2)11-8-10(13)4-5-12(11)14/h4-5,8-9,15H,3,6-7H2,1-2H3/t9-/m0/s1. The summed E-state index contributed by atoms with van der Waals surface area (Å²) in [5.41, 5.74) is 0.873. The molecule has 0 aliphatic heterocycles. The van der Waals surface area contributed by atoms with Gasteiger partial charge in [0.1, 0.15) is 0 Å². The van der Waals surface area contributed by atoms with E-state index in [2.05, 4.69) is 5.32 Å².